The first kappa shape index (κ1) is 16.0. The van der Waals surface area contributed by atoms with E-state index in [9.17, 15) is 4.79 Å². The van der Waals surface area contributed by atoms with E-state index in [4.69, 9.17) is 0 Å². The van der Waals surface area contributed by atoms with Crippen molar-refractivity contribution < 1.29 is 4.79 Å². The Morgan fingerprint density at radius 3 is 2.30 bits per heavy atom. The largest absolute Gasteiger partial charge is 0.378 e. The lowest BCUT2D eigenvalue weighted by atomic mass is 9.96. The molecule has 2 aromatic rings. The van der Waals surface area contributed by atoms with Gasteiger partial charge in [0.1, 0.15) is 8.07 Å². The van der Waals surface area contributed by atoms with Crippen LogP contribution in [0.1, 0.15) is 34.0 Å². The summed E-state index contributed by atoms with van der Waals surface area (Å²) in [5, 5.41) is 2.63. The molecule has 1 aliphatic heterocycles. The summed E-state index contributed by atoms with van der Waals surface area (Å²) in [6.45, 7) is 9.13. The summed E-state index contributed by atoms with van der Waals surface area (Å²) in [7, 11) is 2.21. The molecule has 0 fully saturated rings. The lowest BCUT2D eigenvalue weighted by Crippen LogP contribution is -2.61. The number of aryl methyl sites for hydroxylation is 1. The zero-order valence-electron chi connectivity index (χ0n) is 14.9. The topological polar surface area (TPSA) is 20.3 Å². The van der Waals surface area contributed by atoms with E-state index in [1.165, 1.54) is 27.2 Å². The number of fused-ring (bicyclic) bond motifs is 2. The fraction of sp³-hybridized carbons (Fsp3) is 0.350. The van der Waals surface area contributed by atoms with Crippen LogP contribution >= 0.6 is 0 Å². The first-order chi connectivity index (χ1) is 10.8. The smallest absolute Gasteiger partial charge is 0.192 e. The molecule has 2 nitrogen and oxygen atoms in total. The van der Waals surface area contributed by atoms with E-state index in [1.54, 1.807) is 0 Å². The van der Waals surface area contributed by atoms with Gasteiger partial charge in [0.05, 0.1) is 0 Å². The van der Waals surface area contributed by atoms with Gasteiger partial charge in [0, 0.05) is 30.9 Å². The van der Waals surface area contributed by atoms with Crippen LogP contribution in [0.3, 0.4) is 0 Å². The molecule has 0 N–H and O–H groups in total. The van der Waals surface area contributed by atoms with Gasteiger partial charge >= 0.3 is 0 Å². The zero-order valence-corrected chi connectivity index (χ0v) is 15.9. The van der Waals surface area contributed by atoms with Crippen LogP contribution in [0.5, 0.6) is 0 Å². The maximum Gasteiger partial charge on any atom is 0.192 e. The Labute approximate surface area is 140 Å². The second-order valence-corrected chi connectivity index (χ2v) is 11.5. The fourth-order valence-corrected chi connectivity index (χ4v) is 7.56. The van der Waals surface area contributed by atoms with Crippen molar-refractivity contribution in [3.05, 3.63) is 52.6 Å². The van der Waals surface area contributed by atoms with Crippen LogP contribution in [-0.2, 0) is 6.42 Å². The molecule has 0 aliphatic carbocycles. The standard InChI is InChI=1S/C20H25NOSi/c1-7-15-13(2)8-10-17-19(22)16-11-9-14(21(3)4)12-18(16)23(5,6)20(15)17/h8-12H,7H2,1-6H3. The Kier molecular flexibility index (Phi) is 3.72. The molecule has 120 valence electrons. The summed E-state index contributed by atoms with van der Waals surface area (Å²) in [6.07, 6.45) is 0.988. The van der Waals surface area contributed by atoms with Crippen molar-refractivity contribution in [1.82, 2.24) is 0 Å². The maximum atomic E-state index is 13.1. The molecule has 23 heavy (non-hydrogen) atoms. The van der Waals surface area contributed by atoms with Gasteiger partial charge in [-0.2, -0.15) is 0 Å². The highest BCUT2D eigenvalue weighted by Gasteiger charge is 2.40. The highest BCUT2D eigenvalue weighted by Crippen LogP contribution is 2.26. The molecule has 1 aliphatic rings. The molecule has 0 spiro atoms. The van der Waals surface area contributed by atoms with Gasteiger partial charge in [-0.1, -0.05) is 32.2 Å². The molecular weight excluding hydrogens is 298 g/mol. The minimum absolute atomic E-state index is 0.196. The highest BCUT2D eigenvalue weighted by atomic mass is 28.3. The van der Waals surface area contributed by atoms with E-state index < -0.39 is 8.07 Å². The van der Waals surface area contributed by atoms with Crippen molar-refractivity contribution in [2.24, 2.45) is 0 Å². The average molecular weight is 324 g/mol. The van der Waals surface area contributed by atoms with Gasteiger partial charge in [-0.15, -0.1) is 0 Å². The molecule has 2 aromatic carbocycles. The number of carbonyl (C=O) groups excluding carboxylic acids is 1. The summed E-state index contributed by atoms with van der Waals surface area (Å²) in [4.78, 5) is 15.2. The lowest BCUT2D eigenvalue weighted by Gasteiger charge is -2.35. The van der Waals surface area contributed by atoms with Gasteiger partial charge in [-0.05, 0) is 53.0 Å². The summed E-state index contributed by atoms with van der Waals surface area (Å²) in [5.74, 6) is 0.196. The second-order valence-electron chi connectivity index (χ2n) is 7.22. The molecule has 1 heterocycles. The SMILES string of the molecule is CCc1c(C)ccc2c1[Si](C)(C)c1cc(N(C)C)ccc1C2=O. The van der Waals surface area contributed by atoms with Crippen LogP contribution in [-0.4, -0.2) is 28.0 Å². The third-order valence-corrected chi connectivity index (χ3v) is 8.79. The Bertz CT molecular complexity index is 806. The van der Waals surface area contributed by atoms with Crippen molar-refractivity contribution >= 4 is 29.9 Å². The van der Waals surface area contributed by atoms with Crippen molar-refractivity contribution in [1.29, 1.82) is 0 Å². The predicted molar refractivity (Wildman–Crippen MR) is 102 cm³/mol. The van der Waals surface area contributed by atoms with Crippen molar-refractivity contribution in [2.45, 2.75) is 33.4 Å². The molecule has 0 saturated heterocycles. The van der Waals surface area contributed by atoms with Gasteiger partial charge in [-0.3, -0.25) is 4.79 Å². The monoisotopic (exact) mass is 323 g/mol. The van der Waals surface area contributed by atoms with Crippen molar-refractivity contribution in [2.75, 3.05) is 19.0 Å². The van der Waals surface area contributed by atoms with Crippen LogP contribution < -0.4 is 15.3 Å². The van der Waals surface area contributed by atoms with Gasteiger partial charge in [0.15, 0.2) is 5.78 Å². The number of nitrogens with zero attached hydrogens (tertiary/aromatic N) is 1. The van der Waals surface area contributed by atoms with E-state index in [0.717, 1.165) is 17.5 Å². The molecule has 0 bridgehead atoms. The number of anilines is 1. The number of carbonyl (C=O) groups is 1. The second kappa shape index (κ2) is 5.34. The molecule has 0 radical (unpaired) electrons. The molecule has 0 unspecified atom stereocenters. The first-order valence-electron chi connectivity index (χ1n) is 8.28. The minimum Gasteiger partial charge on any atom is -0.378 e. The van der Waals surface area contributed by atoms with Gasteiger partial charge in [0.25, 0.3) is 0 Å². The van der Waals surface area contributed by atoms with Crippen LogP contribution in [0, 0.1) is 6.92 Å². The Hall–Kier alpha value is -1.87. The number of hydrogen-bond acceptors (Lipinski definition) is 2. The Morgan fingerprint density at radius 1 is 1.04 bits per heavy atom. The number of ketones is 1. The molecule has 3 rings (SSSR count). The summed E-state index contributed by atoms with van der Waals surface area (Å²) < 4.78 is 0. The van der Waals surface area contributed by atoms with E-state index in [0.29, 0.717) is 0 Å². The van der Waals surface area contributed by atoms with E-state index in [-0.39, 0.29) is 5.78 Å². The predicted octanol–water partition coefficient (Wildman–Crippen LogP) is 2.99. The highest BCUT2D eigenvalue weighted by molar-refractivity contribution is 7.03. The van der Waals surface area contributed by atoms with Crippen LogP contribution in [0.15, 0.2) is 30.3 Å². The zero-order chi connectivity index (χ0) is 16.9. The lowest BCUT2D eigenvalue weighted by molar-refractivity contribution is 0.104. The van der Waals surface area contributed by atoms with E-state index in [2.05, 4.69) is 64.1 Å². The Morgan fingerprint density at radius 2 is 1.70 bits per heavy atom. The van der Waals surface area contributed by atoms with Crippen molar-refractivity contribution in [3.63, 3.8) is 0 Å². The molecule has 0 atom stereocenters. The summed E-state index contributed by atoms with van der Waals surface area (Å²) >= 11 is 0. The molecule has 0 aromatic heterocycles. The van der Waals surface area contributed by atoms with Crippen molar-refractivity contribution in [3.8, 4) is 0 Å². The third-order valence-electron chi connectivity index (χ3n) is 5.21. The average Bonchev–Trinajstić information content (AvgIpc) is 2.52. The number of hydrogen-bond donors (Lipinski definition) is 0. The normalized spacial score (nSPS) is 15.1. The summed E-state index contributed by atoms with van der Waals surface area (Å²) in [5.41, 5.74) is 5.71. The van der Waals surface area contributed by atoms with Crippen LogP contribution in [0.2, 0.25) is 13.1 Å². The number of benzene rings is 2. The van der Waals surface area contributed by atoms with Gasteiger partial charge in [0.2, 0.25) is 0 Å². The van der Waals surface area contributed by atoms with Gasteiger partial charge in [-0.25, -0.2) is 0 Å². The third kappa shape index (κ3) is 2.26. The molecular formula is C20H25NOSi. The summed E-state index contributed by atoms with van der Waals surface area (Å²) in [6, 6.07) is 10.5. The van der Waals surface area contributed by atoms with Gasteiger partial charge < -0.3 is 4.90 Å². The fourth-order valence-electron chi connectivity index (χ4n) is 3.92. The van der Waals surface area contributed by atoms with E-state index >= 15 is 0 Å². The number of rotatable bonds is 2. The van der Waals surface area contributed by atoms with Crippen LogP contribution in [0.4, 0.5) is 5.69 Å². The first-order valence-corrected chi connectivity index (χ1v) is 11.3. The maximum absolute atomic E-state index is 13.1. The quantitative estimate of drug-likeness (QED) is 0.792. The van der Waals surface area contributed by atoms with Crippen LogP contribution in [0.25, 0.3) is 0 Å². The molecule has 0 amide bonds. The van der Waals surface area contributed by atoms with E-state index in [1.807, 2.05) is 12.1 Å². The Balaban J connectivity index is 2.35. The minimum atomic E-state index is -1.90. The molecule has 0 saturated carbocycles. The molecule has 3 heteroatoms.